The molecule has 108 valence electrons. The monoisotopic (exact) mass is 298 g/mol. The highest BCUT2D eigenvalue weighted by Crippen LogP contribution is 2.40. The summed E-state index contributed by atoms with van der Waals surface area (Å²) in [6.07, 6.45) is 3.96. The predicted octanol–water partition coefficient (Wildman–Crippen LogP) is 3.60. The van der Waals surface area contributed by atoms with Crippen molar-refractivity contribution in [1.82, 2.24) is 14.8 Å². The van der Waals surface area contributed by atoms with E-state index in [0.29, 0.717) is 12.3 Å². The molecule has 3 rings (SSSR count). The van der Waals surface area contributed by atoms with Crippen LogP contribution in [0.15, 0.2) is 35.5 Å². The van der Waals surface area contributed by atoms with Crippen molar-refractivity contribution in [3.63, 3.8) is 0 Å². The first-order valence-electron chi connectivity index (χ1n) is 7.35. The van der Waals surface area contributed by atoms with Crippen LogP contribution in [0.1, 0.15) is 43.0 Å². The molecule has 1 aromatic heterocycles. The summed E-state index contributed by atoms with van der Waals surface area (Å²) in [5, 5.41) is 18.4. The fraction of sp³-hybridized carbons (Fsp3) is 0.438. The number of thioether (sulfide) groups is 1. The van der Waals surface area contributed by atoms with Crippen LogP contribution in [0, 0.1) is 11.3 Å². The lowest BCUT2D eigenvalue weighted by molar-refractivity contribution is 0.667. The Hall–Kier alpha value is -1.80. The first-order valence-corrected chi connectivity index (χ1v) is 8.34. The molecule has 1 fully saturated rings. The molecular formula is C16H18N4S. The average molecular weight is 298 g/mol. The van der Waals surface area contributed by atoms with Crippen molar-refractivity contribution >= 4 is 11.8 Å². The molecule has 0 atom stereocenters. The van der Waals surface area contributed by atoms with Crippen LogP contribution < -0.4 is 0 Å². The maximum absolute atomic E-state index is 8.61. The van der Waals surface area contributed by atoms with Crippen LogP contribution in [0.25, 0.3) is 0 Å². The van der Waals surface area contributed by atoms with Crippen LogP contribution in [-0.2, 0) is 6.54 Å². The van der Waals surface area contributed by atoms with Crippen LogP contribution in [0.4, 0.5) is 0 Å². The molecule has 0 radical (unpaired) electrons. The van der Waals surface area contributed by atoms with Crippen LogP contribution in [-0.4, -0.2) is 20.5 Å². The van der Waals surface area contributed by atoms with E-state index in [1.807, 2.05) is 6.07 Å². The van der Waals surface area contributed by atoms with Gasteiger partial charge in [0.05, 0.1) is 12.6 Å². The van der Waals surface area contributed by atoms with Gasteiger partial charge >= 0.3 is 0 Å². The summed E-state index contributed by atoms with van der Waals surface area (Å²) in [4.78, 5) is 0. The summed E-state index contributed by atoms with van der Waals surface area (Å²) in [6, 6.07) is 12.6. The average Bonchev–Trinajstić information content (AvgIpc) is 3.28. The van der Waals surface area contributed by atoms with E-state index in [1.54, 1.807) is 11.8 Å². The molecule has 2 aromatic rings. The van der Waals surface area contributed by atoms with Gasteiger partial charge in [-0.25, -0.2) is 0 Å². The summed E-state index contributed by atoms with van der Waals surface area (Å²) in [7, 11) is 0. The number of nitrogens with zero attached hydrogens (tertiary/aromatic N) is 4. The summed E-state index contributed by atoms with van der Waals surface area (Å²) in [5.74, 6) is 2.64. The van der Waals surface area contributed by atoms with Gasteiger partial charge in [-0.3, -0.25) is 0 Å². The molecule has 0 spiro atoms. The van der Waals surface area contributed by atoms with Crippen molar-refractivity contribution < 1.29 is 0 Å². The molecule has 0 unspecified atom stereocenters. The van der Waals surface area contributed by atoms with E-state index in [9.17, 15) is 0 Å². The maximum atomic E-state index is 8.61. The Morgan fingerprint density at radius 2 is 2.05 bits per heavy atom. The van der Waals surface area contributed by atoms with Crippen molar-refractivity contribution in [2.45, 2.75) is 43.3 Å². The molecule has 1 heterocycles. The van der Waals surface area contributed by atoms with E-state index >= 15 is 0 Å². The Bertz CT molecular complexity index is 625. The van der Waals surface area contributed by atoms with Crippen LogP contribution in [0.2, 0.25) is 0 Å². The highest BCUT2D eigenvalue weighted by molar-refractivity contribution is 7.99. The van der Waals surface area contributed by atoms with Gasteiger partial charge in [0.15, 0.2) is 5.16 Å². The van der Waals surface area contributed by atoms with Crippen molar-refractivity contribution in [3.8, 4) is 6.07 Å². The van der Waals surface area contributed by atoms with Crippen molar-refractivity contribution in [2.24, 2.45) is 0 Å². The number of aromatic nitrogens is 3. The van der Waals surface area contributed by atoms with Gasteiger partial charge in [0, 0.05) is 18.1 Å². The van der Waals surface area contributed by atoms with Gasteiger partial charge in [-0.15, -0.1) is 10.2 Å². The molecule has 1 aliphatic rings. The van der Waals surface area contributed by atoms with E-state index in [1.165, 1.54) is 18.4 Å². The molecule has 0 aliphatic heterocycles. The van der Waals surface area contributed by atoms with E-state index < -0.39 is 0 Å². The van der Waals surface area contributed by atoms with E-state index in [4.69, 9.17) is 5.26 Å². The quantitative estimate of drug-likeness (QED) is 0.579. The largest absolute Gasteiger partial charge is 0.301 e. The van der Waals surface area contributed by atoms with Gasteiger partial charge in [0.1, 0.15) is 5.82 Å². The normalized spacial score (nSPS) is 14.0. The lowest BCUT2D eigenvalue weighted by Crippen LogP contribution is -2.06. The van der Waals surface area contributed by atoms with Crippen molar-refractivity contribution in [3.05, 3.63) is 41.7 Å². The Balaban J connectivity index is 1.75. The second kappa shape index (κ2) is 6.77. The minimum atomic E-state index is 0.592. The fourth-order valence-corrected chi connectivity index (χ4v) is 3.16. The van der Waals surface area contributed by atoms with Gasteiger partial charge < -0.3 is 4.57 Å². The highest BCUT2D eigenvalue weighted by atomic mass is 32.2. The Labute approximate surface area is 129 Å². The lowest BCUT2D eigenvalue weighted by atomic mass is 10.2. The third-order valence-electron chi connectivity index (χ3n) is 3.54. The maximum Gasteiger partial charge on any atom is 0.191 e. The summed E-state index contributed by atoms with van der Waals surface area (Å²) < 4.78 is 2.25. The third kappa shape index (κ3) is 3.64. The Morgan fingerprint density at radius 3 is 2.76 bits per heavy atom. The number of hydrogen-bond donors (Lipinski definition) is 0. The number of hydrogen-bond acceptors (Lipinski definition) is 4. The zero-order valence-corrected chi connectivity index (χ0v) is 12.7. The van der Waals surface area contributed by atoms with Gasteiger partial charge in [0.2, 0.25) is 0 Å². The number of benzene rings is 1. The number of nitriles is 1. The van der Waals surface area contributed by atoms with Gasteiger partial charge in [-0.2, -0.15) is 5.26 Å². The number of unbranched alkanes of at least 4 members (excludes halogenated alkanes) is 1. The summed E-state index contributed by atoms with van der Waals surface area (Å²) in [6.45, 7) is 0.834. The van der Waals surface area contributed by atoms with E-state index in [-0.39, 0.29) is 0 Å². The first kappa shape index (κ1) is 14.2. The zero-order chi connectivity index (χ0) is 14.5. The van der Waals surface area contributed by atoms with Gasteiger partial charge in [-0.1, -0.05) is 42.1 Å². The topological polar surface area (TPSA) is 54.5 Å². The van der Waals surface area contributed by atoms with Gasteiger partial charge in [0.25, 0.3) is 0 Å². The SMILES string of the molecule is N#CCCCSc1nnc(C2CC2)n1Cc1ccccc1. The summed E-state index contributed by atoms with van der Waals surface area (Å²) in [5.41, 5.74) is 1.28. The molecule has 0 saturated heterocycles. The molecule has 1 aliphatic carbocycles. The van der Waals surface area contributed by atoms with Crippen LogP contribution >= 0.6 is 11.8 Å². The zero-order valence-electron chi connectivity index (χ0n) is 11.9. The third-order valence-corrected chi connectivity index (χ3v) is 4.59. The van der Waals surface area contributed by atoms with Crippen molar-refractivity contribution in [2.75, 3.05) is 5.75 Å². The molecule has 0 bridgehead atoms. The fourth-order valence-electron chi connectivity index (χ4n) is 2.28. The molecule has 21 heavy (non-hydrogen) atoms. The van der Waals surface area contributed by atoms with Crippen molar-refractivity contribution in [1.29, 1.82) is 5.26 Å². The molecular weight excluding hydrogens is 280 g/mol. The number of rotatable bonds is 7. The Morgan fingerprint density at radius 1 is 1.24 bits per heavy atom. The smallest absolute Gasteiger partial charge is 0.191 e. The molecule has 0 N–H and O–H groups in total. The molecule has 0 amide bonds. The van der Waals surface area contributed by atoms with Gasteiger partial charge in [-0.05, 0) is 24.8 Å². The second-order valence-electron chi connectivity index (χ2n) is 5.30. The lowest BCUT2D eigenvalue weighted by Gasteiger charge is -2.09. The minimum Gasteiger partial charge on any atom is -0.301 e. The molecule has 1 saturated carbocycles. The summed E-state index contributed by atoms with van der Waals surface area (Å²) >= 11 is 1.71. The minimum absolute atomic E-state index is 0.592. The first-order chi connectivity index (χ1) is 10.4. The van der Waals surface area contributed by atoms with Crippen LogP contribution in [0.3, 0.4) is 0 Å². The Kier molecular flexibility index (Phi) is 4.56. The van der Waals surface area contributed by atoms with Crippen LogP contribution in [0.5, 0.6) is 0 Å². The molecule has 1 aromatic carbocycles. The van der Waals surface area contributed by atoms with E-state index in [2.05, 4.69) is 45.1 Å². The van der Waals surface area contributed by atoms with E-state index in [0.717, 1.165) is 29.7 Å². The predicted molar refractivity (Wildman–Crippen MR) is 83.1 cm³/mol. The highest BCUT2D eigenvalue weighted by Gasteiger charge is 2.30. The molecule has 4 nitrogen and oxygen atoms in total. The standard InChI is InChI=1S/C16H18N4S/c17-10-4-5-11-21-16-19-18-15(14-8-9-14)20(16)12-13-6-2-1-3-7-13/h1-3,6-7,14H,4-5,8-9,11-12H2. The molecule has 5 heteroatoms. The second-order valence-corrected chi connectivity index (χ2v) is 6.36.